The van der Waals surface area contributed by atoms with Gasteiger partial charge in [-0.15, -0.1) is 0 Å². The van der Waals surface area contributed by atoms with E-state index >= 15 is 0 Å². The second kappa shape index (κ2) is 14.9. The molecule has 0 radical (unpaired) electrons. The Kier molecular flexibility index (Phi) is 10.8. The number of carboxylic acids is 1. The monoisotopic (exact) mass is 712 g/mol. The van der Waals surface area contributed by atoms with E-state index in [0.717, 1.165) is 19.3 Å². The maximum absolute atomic E-state index is 14.1. The topological polar surface area (TPSA) is 170 Å². The van der Waals surface area contributed by atoms with E-state index in [4.69, 9.17) is 28.4 Å². The third-order valence-corrected chi connectivity index (χ3v) is 8.02. The van der Waals surface area contributed by atoms with Crippen molar-refractivity contribution in [3.8, 4) is 40.0 Å². The van der Waals surface area contributed by atoms with Crippen LogP contribution in [0.15, 0.2) is 57.6 Å². The van der Waals surface area contributed by atoms with Crippen LogP contribution in [0.3, 0.4) is 0 Å². The highest BCUT2D eigenvalue weighted by atomic mass is 19.4. The van der Waals surface area contributed by atoms with Crippen LogP contribution < -0.4 is 10.1 Å². The molecule has 1 aliphatic heterocycles. The zero-order valence-electron chi connectivity index (χ0n) is 26.1. The summed E-state index contributed by atoms with van der Waals surface area (Å²) in [5, 5.41) is 29.2. The van der Waals surface area contributed by atoms with Crippen LogP contribution in [-0.2, 0) is 20.5 Å². The third-order valence-electron chi connectivity index (χ3n) is 8.02. The van der Waals surface area contributed by atoms with Crippen LogP contribution >= 0.6 is 0 Å². The lowest BCUT2D eigenvalue weighted by Gasteiger charge is -2.36. The van der Waals surface area contributed by atoms with Crippen molar-refractivity contribution in [3.05, 3.63) is 59.7 Å². The van der Waals surface area contributed by atoms with Crippen LogP contribution in [0.5, 0.6) is 5.75 Å². The molecular formula is C32H30F6N4O8. The summed E-state index contributed by atoms with van der Waals surface area (Å²) in [6.07, 6.45) is -7.61. The number of hydrogen-bond acceptors (Lipinski definition) is 11. The van der Waals surface area contributed by atoms with E-state index in [1.54, 1.807) is 43.3 Å². The van der Waals surface area contributed by atoms with Crippen molar-refractivity contribution in [3.63, 3.8) is 0 Å². The van der Waals surface area contributed by atoms with E-state index in [1.165, 1.54) is 12.1 Å². The molecule has 0 saturated heterocycles. The number of nitrogens with one attached hydrogen (secondary N) is 1. The van der Waals surface area contributed by atoms with Gasteiger partial charge in [-0.3, -0.25) is 4.79 Å². The van der Waals surface area contributed by atoms with E-state index in [-0.39, 0.29) is 41.6 Å². The van der Waals surface area contributed by atoms with Crippen molar-refractivity contribution in [1.29, 1.82) is 0 Å². The fourth-order valence-corrected chi connectivity index (χ4v) is 5.71. The van der Waals surface area contributed by atoms with Gasteiger partial charge in [0.15, 0.2) is 0 Å². The Bertz CT molecular complexity index is 1790. The number of esters is 1. The molecule has 268 valence electrons. The third kappa shape index (κ3) is 8.24. The van der Waals surface area contributed by atoms with Crippen LogP contribution in [0.1, 0.15) is 49.8 Å². The molecule has 4 unspecified atom stereocenters. The predicted octanol–water partition coefficient (Wildman–Crippen LogP) is 6.22. The molecular weight excluding hydrogens is 682 g/mol. The number of carbonyl (C=O) groups is 2. The van der Waals surface area contributed by atoms with Crippen molar-refractivity contribution in [2.24, 2.45) is 5.92 Å². The zero-order valence-corrected chi connectivity index (χ0v) is 26.1. The van der Waals surface area contributed by atoms with E-state index < -0.39 is 47.7 Å². The number of alkyl halides is 6. The quantitative estimate of drug-likeness (QED) is 0.146. The summed E-state index contributed by atoms with van der Waals surface area (Å²) in [6.45, 7) is 2.30. The Morgan fingerprint density at radius 2 is 1.72 bits per heavy atom. The first-order valence-electron chi connectivity index (χ1n) is 15.3. The van der Waals surface area contributed by atoms with Crippen molar-refractivity contribution in [2.75, 3.05) is 13.2 Å². The number of aliphatic hydroxyl groups excluding tert-OH is 1. The number of aromatic nitrogens is 3. The first-order chi connectivity index (χ1) is 23.7. The van der Waals surface area contributed by atoms with Gasteiger partial charge in [-0.2, -0.15) is 31.3 Å². The smallest absolute Gasteiger partial charge is 0.490 e. The standard InChI is InChI=1S/C30H29F3N4O6.C2HF3O2/c1-2-40-29(39)18-9-6-10-19(13-18)34-21-15-41-22-14-17(11-12-20(22)25(21)38)27-35-28(43-37-27)26-23(30(31,32)33)24(36-42-26)16-7-4-3-5-8-16;3-2(4,5)1(6)7/h3-5,7-8,11-12,14,18-19,21,25,34,38H,2,6,9-10,13,15H2,1H3;(H,6,7). The second-order valence-electron chi connectivity index (χ2n) is 11.4. The molecule has 2 aromatic carbocycles. The molecule has 12 nitrogen and oxygen atoms in total. The molecule has 0 amide bonds. The molecule has 3 heterocycles. The Hall–Kier alpha value is -4.97. The number of benzene rings is 2. The Morgan fingerprint density at radius 3 is 2.38 bits per heavy atom. The molecule has 1 aliphatic carbocycles. The van der Waals surface area contributed by atoms with Gasteiger partial charge in [0.25, 0.3) is 5.89 Å². The van der Waals surface area contributed by atoms with Crippen molar-refractivity contribution < 1.29 is 64.7 Å². The van der Waals surface area contributed by atoms with Gasteiger partial charge in [-0.05, 0) is 32.3 Å². The normalized spacial score (nSPS) is 20.6. The number of rotatable bonds is 7. The molecule has 50 heavy (non-hydrogen) atoms. The number of aliphatic carboxylic acids is 1. The molecule has 18 heteroatoms. The van der Waals surface area contributed by atoms with Crippen LogP contribution in [0.2, 0.25) is 0 Å². The van der Waals surface area contributed by atoms with Crippen LogP contribution in [0.25, 0.3) is 34.3 Å². The zero-order chi connectivity index (χ0) is 36.2. The average Bonchev–Trinajstić information content (AvgIpc) is 3.75. The number of fused-ring (bicyclic) bond motifs is 1. The molecule has 4 atom stereocenters. The number of halogens is 6. The molecule has 1 fully saturated rings. The molecule has 6 rings (SSSR count). The summed E-state index contributed by atoms with van der Waals surface area (Å²) in [7, 11) is 0. The van der Waals surface area contributed by atoms with Gasteiger partial charge in [-0.1, -0.05) is 59.2 Å². The van der Waals surface area contributed by atoms with Crippen molar-refractivity contribution in [1.82, 2.24) is 20.6 Å². The van der Waals surface area contributed by atoms with Crippen LogP contribution in [0.4, 0.5) is 26.3 Å². The van der Waals surface area contributed by atoms with Gasteiger partial charge in [-0.25, -0.2) is 4.79 Å². The summed E-state index contributed by atoms with van der Waals surface area (Å²) in [6, 6.07) is 12.4. The minimum absolute atomic E-state index is 0.00846. The van der Waals surface area contributed by atoms with E-state index in [9.17, 15) is 36.2 Å². The first kappa shape index (κ1) is 36.3. The van der Waals surface area contributed by atoms with Gasteiger partial charge >= 0.3 is 24.3 Å². The lowest BCUT2D eigenvalue weighted by atomic mass is 9.85. The average molecular weight is 713 g/mol. The Balaban J connectivity index is 0.000000630. The summed E-state index contributed by atoms with van der Waals surface area (Å²) in [4.78, 5) is 25.3. The summed E-state index contributed by atoms with van der Waals surface area (Å²) >= 11 is 0. The number of carboxylic acid groups (broad SMARTS) is 1. The lowest BCUT2D eigenvalue weighted by molar-refractivity contribution is -0.192. The largest absolute Gasteiger partial charge is 0.491 e. The van der Waals surface area contributed by atoms with Gasteiger partial charge in [0.05, 0.1) is 18.6 Å². The fourth-order valence-electron chi connectivity index (χ4n) is 5.71. The number of aliphatic hydroxyl groups is 1. The number of ether oxygens (including phenoxy) is 2. The summed E-state index contributed by atoms with van der Waals surface area (Å²) < 4.78 is 95.3. The number of carbonyl (C=O) groups excluding carboxylic acids is 1. The van der Waals surface area contributed by atoms with Gasteiger partial charge in [0.1, 0.15) is 29.7 Å². The van der Waals surface area contributed by atoms with Gasteiger partial charge in [0.2, 0.25) is 11.6 Å². The minimum atomic E-state index is -5.08. The van der Waals surface area contributed by atoms with Gasteiger partial charge in [0, 0.05) is 22.7 Å². The molecule has 1 saturated carbocycles. The van der Waals surface area contributed by atoms with E-state index in [2.05, 4.69) is 20.6 Å². The molecule has 3 N–H and O–H groups in total. The maximum atomic E-state index is 14.1. The van der Waals surface area contributed by atoms with Crippen molar-refractivity contribution >= 4 is 11.9 Å². The lowest BCUT2D eigenvalue weighted by Crippen LogP contribution is -2.49. The van der Waals surface area contributed by atoms with E-state index in [0.29, 0.717) is 29.9 Å². The first-order valence-corrected chi connectivity index (χ1v) is 15.3. The number of nitrogens with zero attached hydrogens (tertiary/aromatic N) is 3. The molecule has 0 spiro atoms. The predicted molar refractivity (Wildman–Crippen MR) is 159 cm³/mol. The van der Waals surface area contributed by atoms with Crippen LogP contribution in [0, 0.1) is 5.92 Å². The Labute approximate surface area is 279 Å². The highest BCUT2D eigenvalue weighted by molar-refractivity contribution is 5.73. The number of hydrogen-bond donors (Lipinski definition) is 3. The maximum Gasteiger partial charge on any atom is 0.490 e. The fraction of sp³-hybridized carbons (Fsp3) is 0.406. The van der Waals surface area contributed by atoms with Gasteiger partial charge < -0.3 is 34.0 Å². The molecule has 2 aliphatic rings. The SMILES string of the molecule is CCOC(=O)C1CCCC(NC2COc3cc(-c4noc(-c5onc(-c6ccccc6)c5C(F)(F)F)n4)ccc3C2O)C1.O=C(O)C(F)(F)F. The summed E-state index contributed by atoms with van der Waals surface area (Å²) in [5.74, 6) is -3.88. The molecule has 4 aromatic rings. The summed E-state index contributed by atoms with van der Waals surface area (Å²) in [5.41, 5.74) is -0.322. The van der Waals surface area contributed by atoms with E-state index in [1.807, 2.05) is 0 Å². The highest BCUT2D eigenvalue weighted by Gasteiger charge is 2.43. The minimum Gasteiger partial charge on any atom is -0.491 e. The van der Waals surface area contributed by atoms with Crippen LogP contribution in [-0.4, -0.2) is 68.9 Å². The molecule has 0 bridgehead atoms. The van der Waals surface area contributed by atoms with Crippen molar-refractivity contribution in [2.45, 2.75) is 63.1 Å². The Morgan fingerprint density at radius 1 is 1.00 bits per heavy atom. The highest BCUT2D eigenvalue weighted by Crippen LogP contribution is 2.43. The second-order valence-corrected chi connectivity index (χ2v) is 11.4. The molecule has 2 aromatic heterocycles.